The number of nitrogens with one attached hydrogen (secondary N) is 2. The second-order valence-electron chi connectivity index (χ2n) is 6.15. The number of amides is 3. The second kappa shape index (κ2) is 6.53. The Balaban J connectivity index is 1.97. The molecule has 1 aliphatic rings. The number of alkyl halides is 3. The molecule has 27 heavy (non-hydrogen) atoms. The van der Waals surface area contributed by atoms with Crippen LogP contribution in [0, 0.1) is 13.8 Å². The molecule has 2 N–H and O–H groups in total. The summed E-state index contributed by atoms with van der Waals surface area (Å²) in [6.45, 7) is 2.87. The highest BCUT2D eigenvalue weighted by molar-refractivity contribution is 6.08. The zero-order valence-corrected chi connectivity index (χ0v) is 14.5. The van der Waals surface area contributed by atoms with E-state index < -0.39 is 29.7 Å². The Hall–Kier alpha value is -3.17. The number of hydrogen-bond acceptors (Lipinski definition) is 5. The molecule has 142 valence electrons. The van der Waals surface area contributed by atoms with Crippen molar-refractivity contribution in [1.82, 2.24) is 20.2 Å². The highest BCUT2D eigenvalue weighted by Crippen LogP contribution is 2.36. The third-order valence-corrected chi connectivity index (χ3v) is 4.00. The van der Waals surface area contributed by atoms with Crippen molar-refractivity contribution in [2.45, 2.75) is 32.2 Å². The molecule has 2 heterocycles. The van der Waals surface area contributed by atoms with Crippen LogP contribution in [0.2, 0.25) is 0 Å². The van der Waals surface area contributed by atoms with Gasteiger partial charge in [-0.3, -0.25) is 15.0 Å². The molecule has 1 atom stereocenters. The van der Waals surface area contributed by atoms with Gasteiger partial charge in [-0.1, -0.05) is 30.3 Å². The van der Waals surface area contributed by atoms with Gasteiger partial charge in [0.15, 0.2) is 0 Å². The molecule has 0 radical (unpaired) electrons. The Morgan fingerprint density at radius 2 is 1.70 bits per heavy atom. The second-order valence-corrected chi connectivity index (χ2v) is 6.15. The quantitative estimate of drug-likeness (QED) is 0.797. The first-order chi connectivity index (χ1) is 12.6. The number of imide groups is 1. The maximum absolute atomic E-state index is 13.9. The predicted molar refractivity (Wildman–Crippen MR) is 89.4 cm³/mol. The van der Waals surface area contributed by atoms with Gasteiger partial charge in [-0.05, 0) is 25.5 Å². The van der Waals surface area contributed by atoms with Crippen LogP contribution < -0.4 is 10.6 Å². The molecular formula is C17H16F3N5O2. The minimum atomic E-state index is -5.12. The van der Waals surface area contributed by atoms with Crippen molar-refractivity contribution in [1.29, 1.82) is 0 Å². The van der Waals surface area contributed by atoms with Crippen LogP contribution >= 0.6 is 0 Å². The van der Waals surface area contributed by atoms with Gasteiger partial charge >= 0.3 is 12.2 Å². The molecule has 0 spiro atoms. The molecule has 7 nitrogen and oxygen atoms in total. The zero-order chi connectivity index (χ0) is 19.8. The van der Waals surface area contributed by atoms with Gasteiger partial charge in [0.1, 0.15) is 0 Å². The Morgan fingerprint density at radius 3 is 2.26 bits per heavy atom. The predicted octanol–water partition coefficient (Wildman–Crippen LogP) is 2.52. The number of aromatic nitrogens is 2. The van der Waals surface area contributed by atoms with Crippen LogP contribution in [0.1, 0.15) is 17.0 Å². The van der Waals surface area contributed by atoms with E-state index in [-0.39, 0.29) is 6.54 Å². The number of carbonyl (C=O) groups excluding carboxylic acids is 2. The first-order valence-electron chi connectivity index (χ1n) is 7.97. The van der Waals surface area contributed by atoms with Crippen molar-refractivity contribution in [3.05, 3.63) is 53.3 Å². The standard InChI is InChI=1S/C17H16F3N5O2/c1-10-8-11(2)22-14(21-10)23-16(17(18,19)20)13(26)25(15(27)24-16)9-12-6-4-3-5-7-12/h3-8H,9H2,1-2H3,(H,24,27)(H,21,22,23)/t16-/m1/s1. The molecule has 0 unspecified atom stereocenters. The Morgan fingerprint density at radius 1 is 1.11 bits per heavy atom. The fourth-order valence-electron chi connectivity index (χ4n) is 2.78. The van der Waals surface area contributed by atoms with Crippen molar-refractivity contribution in [3.63, 3.8) is 0 Å². The number of carbonyl (C=O) groups is 2. The fraction of sp³-hybridized carbons (Fsp3) is 0.294. The summed E-state index contributed by atoms with van der Waals surface area (Å²) in [6, 6.07) is 8.66. The van der Waals surface area contributed by atoms with E-state index in [0.717, 1.165) is 0 Å². The molecule has 2 aromatic rings. The number of hydrogen-bond donors (Lipinski definition) is 2. The summed E-state index contributed by atoms with van der Waals surface area (Å²) in [5.74, 6) is -1.87. The summed E-state index contributed by atoms with van der Waals surface area (Å²) in [5.41, 5.74) is -1.99. The monoisotopic (exact) mass is 379 g/mol. The average Bonchev–Trinajstić information content (AvgIpc) is 2.80. The van der Waals surface area contributed by atoms with Crippen LogP contribution in [-0.2, 0) is 11.3 Å². The number of halogens is 3. The van der Waals surface area contributed by atoms with Crippen molar-refractivity contribution in [2.24, 2.45) is 0 Å². The van der Waals surface area contributed by atoms with E-state index in [1.165, 1.54) is 0 Å². The van der Waals surface area contributed by atoms with Gasteiger partial charge in [0, 0.05) is 11.4 Å². The molecule has 1 saturated heterocycles. The normalized spacial score (nSPS) is 20.0. The van der Waals surface area contributed by atoms with Gasteiger partial charge in [-0.2, -0.15) is 13.2 Å². The maximum Gasteiger partial charge on any atom is 0.440 e. The van der Waals surface area contributed by atoms with Gasteiger partial charge in [-0.25, -0.2) is 14.8 Å². The average molecular weight is 379 g/mol. The maximum atomic E-state index is 13.9. The summed E-state index contributed by atoms with van der Waals surface area (Å²) in [5, 5.41) is 3.74. The smallest absolute Gasteiger partial charge is 0.316 e. The zero-order valence-electron chi connectivity index (χ0n) is 14.5. The first kappa shape index (κ1) is 18.6. The topological polar surface area (TPSA) is 87.2 Å². The molecule has 10 heteroatoms. The van der Waals surface area contributed by atoms with E-state index in [1.807, 2.05) is 5.32 Å². The van der Waals surface area contributed by atoms with Gasteiger partial charge in [-0.15, -0.1) is 0 Å². The molecular weight excluding hydrogens is 363 g/mol. The lowest BCUT2D eigenvalue weighted by atomic mass is 10.1. The van der Waals surface area contributed by atoms with Crippen LogP contribution in [0.3, 0.4) is 0 Å². The number of aryl methyl sites for hydroxylation is 2. The Kier molecular flexibility index (Phi) is 4.50. The van der Waals surface area contributed by atoms with E-state index in [0.29, 0.717) is 21.9 Å². The molecule has 0 aliphatic carbocycles. The van der Waals surface area contributed by atoms with Crippen molar-refractivity contribution < 1.29 is 22.8 Å². The van der Waals surface area contributed by atoms with Crippen LogP contribution in [0.5, 0.6) is 0 Å². The van der Waals surface area contributed by atoms with E-state index >= 15 is 0 Å². The van der Waals surface area contributed by atoms with E-state index in [4.69, 9.17) is 0 Å². The largest absolute Gasteiger partial charge is 0.440 e. The lowest BCUT2D eigenvalue weighted by Gasteiger charge is -2.30. The molecule has 0 saturated carbocycles. The van der Waals surface area contributed by atoms with Crippen molar-refractivity contribution >= 4 is 17.9 Å². The van der Waals surface area contributed by atoms with E-state index in [1.54, 1.807) is 55.6 Å². The fourth-order valence-corrected chi connectivity index (χ4v) is 2.78. The number of benzene rings is 1. The van der Waals surface area contributed by atoms with Crippen LogP contribution in [-0.4, -0.2) is 38.6 Å². The summed E-state index contributed by atoms with van der Waals surface area (Å²) < 4.78 is 41.6. The number of rotatable bonds is 4. The SMILES string of the molecule is Cc1cc(C)nc(N[C@@]2(C(F)(F)F)NC(=O)N(Cc3ccccc3)C2=O)n1. The lowest BCUT2D eigenvalue weighted by molar-refractivity contribution is -0.188. The summed E-state index contributed by atoms with van der Waals surface area (Å²) in [6.07, 6.45) is -5.12. The number of nitrogens with zero attached hydrogens (tertiary/aromatic N) is 3. The summed E-state index contributed by atoms with van der Waals surface area (Å²) >= 11 is 0. The first-order valence-corrected chi connectivity index (χ1v) is 7.97. The summed E-state index contributed by atoms with van der Waals surface area (Å²) in [4.78, 5) is 33.1. The van der Waals surface area contributed by atoms with E-state index in [2.05, 4.69) is 9.97 Å². The van der Waals surface area contributed by atoms with Gasteiger partial charge in [0.2, 0.25) is 5.95 Å². The minimum absolute atomic E-state index is 0.293. The lowest BCUT2D eigenvalue weighted by Crippen LogP contribution is -2.64. The molecule has 1 aromatic carbocycles. The highest BCUT2D eigenvalue weighted by Gasteiger charge is 2.68. The number of urea groups is 1. The number of anilines is 1. The molecule has 3 amide bonds. The minimum Gasteiger partial charge on any atom is -0.316 e. The van der Waals surface area contributed by atoms with Crippen molar-refractivity contribution in [3.8, 4) is 0 Å². The van der Waals surface area contributed by atoms with Gasteiger partial charge < -0.3 is 5.32 Å². The van der Waals surface area contributed by atoms with Gasteiger partial charge in [0.25, 0.3) is 11.6 Å². The molecule has 1 aliphatic heterocycles. The van der Waals surface area contributed by atoms with Crippen LogP contribution in [0.4, 0.5) is 23.9 Å². The third kappa shape index (κ3) is 3.42. The molecule has 1 aromatic heterocycles. The van der Waals surface area contributed by atoms with Crippen LogP contribution in [0.15, 0.2) is 36.4 Å². The Labute approximate surface area is 152 Å². The molecule has 1 fully saturated rings. The molecule has 0 bridgehead atoms. The summed E-state index contributed by atoms with van der Waals surface area (Å²) in [7, 11) is 0. The highest BCUT2D eigenvalue weighted by atomic mass is 19.4. The third-order valence-electron chi connectivity index (χ3n) is 4.00. The molecule has 3 rings (SSSR count). The van der Waals surface area contributed by atoms with Crippen LogP contribution in [0.25, 0.3) is 0 Å². The van der Waals surface area contributed by atoms with Crippen molar-refractivity contribution in [2.75, 3.05) is 5.32 Å². The Bertz CT molecular complexity index is 868. The van der Waals surface area contributed by atoms with Gasteiger partial charge in [0.05, 0.1) is 6.54 Å². The van der Waals surface area contributed by atoms with E-state index in [9.17, 15) is 22.8 Å².